The first kappa shape index (κ1) is 15.6. The van der Waals surface area contributed by atoms with E-state index in [1.165, 1.54) is 35.6 Å². The van der Waals surface area contributed by atoms with Crippen LogP contribution in [0.1, 0.15) is 50.2 Å². The molecule has 0 aliphatic heterocycles. The lowest BCUT2D eigenvalue weighted by molar-refractivity contribution is 0.131. The SMILES string of the molecule is CCc1cc2ccccc2cc1[C@H]1CC(CC)C(COC)C1. The van der Waals surface area contributed by atoms with Gasteiger partial charge < -0.3 is 4.74 Å². The summed E-state index contributed by atoms with van der Waals surface area (Å²) in [5.74, 6) is 2.27. The second-order valence-corrected chi connectivity index (χ2v) is 6.80. The van der Waals surface area contributed by atoms with Crippen molar-refractivity contribution in [3.8, 4) is 0 Å². The van der Waals surface area contributed by atoms with Crippen molar-refractivity contribution in [2.75, 3.05) is 13.7 Å². The first-order valence-electron chi connectivity index (χ1n) is 8.77. The molecule has 3 rings (SSSR count). The molecule has 22 heavy (non-hydrogen) atoms. The molecule has 3 atom stereocenters. The number of hydrogen-bond acceptors (Lipinski definition) is 1. The number of hydrogen-bond donors (Lipinski definition) is 0. The van der Waals surface area contributed by atoms with Gasteiger partial charge in [0.15, 0.2) is 0 Å². The van der Waals surface area contributed by atoms with Crippen LogP contribution in [0, 0.1) is 11.8 Å². The summed E-state index contributed by atoms with van der Waals surface area (Å²) in [6.45, 7) is 5.54. The molecule has 0 radical (unpaired) electrons. The van der Waals surface area contributed by atoms with Crippen molar-refractivity contribution >= 4 is 10.8 Å². The minimum Gasteiger partial charge on any atom is -0.384 e. The molecule has 1 saturated carbocycles. The fourth-order valence-corrected chi connectivity index (χ4v) is 4.38. The van der Waals surface area contributed by atoms with Crippen LogP contribution in [0.25, 0.3) is 10.8 Å². The number of aryl methyl sites for hydroxylation is 1. The third-order valence-corrected chi connectivity index (χ3v) is 5.57. The summed E-state index contributed by atoms with van der Waals surface area (Å²) in [6, 6.07) is 13.6. The van der Waals surface area contributed by atoms with Gasteiger partial charge in [0.2, 0.25) is 0 Å². The molecule has 0 bridgehead atoms. The Morgan fingerprint density at radius 3 is 2.32 bits per heavy atom. The van der Waals surface area contributed by atoms with Crippen molar-refractivity contribution in [1.82, 2.24) is 0 Å². The normalized spacial score (nSPS) is 25.0. The zero-order valence-electron chi connectivity index (χ0n) is 14.1. The Balaban J connectivity index is 1.95. The number of fused-ring (bicyclic) bond motifs is 1. The number of rotatable bonds is 5. The van der Waals surface area contributed by atoms with Gasteiger partial charge in [-0.1, -0.05) is 56.7 Å². The van der Waals surface area contributed by atoms with E-state index in [-0.39, 0.29) is 0 Å². The molecule has 0 heterocycles. The Morgan fingerprint density at radius 1 is 1.00 bits per heavy atom. The molecular weight excluding hydrogens is 268 g/mol. The molecule has 1 aliphatic rings. The molecule has 1 fully saturated rings. The molecule has 0 saturated heterocycles. The Labute approximate surface area is 134 Å². The minimum absolute atomic E-state index is 0.713. The molecule has 0 aromatic heterocycles. The van der Waals surface area contributed by atoms with Crippen LogP contribution in [-0.4, -0.2) is 13.7 Å². The van der Waals surface area contributed by atoms with Crippen molar-refractivity contribution in [1.29, 1.82) is 0 Å². The Hall–Kier alpha value is -1.34. The van der Waals surface area contributed by atoms with Crippen LogP contribution in [0.15, 0.2) is 36.4 Å². The average Bonchev–Trinajstić information content (AvgIpc) is 2.96. The van der Waals surface area contributed by atoms with E-state index in [1.807, 2.05) is 7.11 Å². The molecule has 1 nitrogen and oxygen atoms in total. The van der Waals surface area contributed by atoms with Gasteiger partial charge in [-0.3, -0.25) is 0 Å². The Kier molecular flexibility index (Phi) is 4.83. The predicted molar refractivity (Wildman–Crippen MR) is 94.4 cm³/mol. The van der Waals surface area contributed by atoms with Gasteiger partial charge >= 0.3 is 0 Å². The molecule has 118 valence electrons. The van der Waals surface area contributed by atoms with Gasteiger partial charge in [0, 0.05) is 13.7 Å². The van der Waals surface area contributed by atoms with E-state index in [2.05, 4.69) is 50.2 Å². The summed E-state index contributed by atoms with van der Waals surface area (Å²) in [5, 5.41) is 2.76. The van der Waals surface area contributed by atoms with E-state index in [4.69, 9.17) is 4.74 Å². The Bertz CT molecular complexity index is 631. The molecule has 0 spiro atoms. The lowest BCUT2D eigenvalue weighted by Crippen LogP contribution is -2.12. The lowest BCUT2D eigenvalue weighted by Gasteiger charge is -2.17. The van der Waals surface area contributed by atoms with Crippen molar-refractivity contribution < 1.29 is 4.74 Å². The van der Waals surface area contributed by atoms with E-state index < -0.39 is 0 Å². The van der Waals surface area contributed by atoms with E-state index in [0.29, 0.717) is 5.92 Å². The maximum absolute atomic E-state index is 5.47. The molecule has 2 aromatic carbocycles. The standard InChI is InChI=1S/C21H28O/c1-4-15-10-19(12-20(15)14-22-3)21-13-18-9-7-6-8-17(18)11-16(21)5-2/h6-9,11,13,15,19-20H,4-5,10,12,14H2,1-3H3/t15?,19-,20?/m0/s1. The van der Waals surface area contributed by atoms with Gasteiger partial charge in [-0.15, -0.1) is 0 Å². The lowest BCUT2D eigenvalue weighted by atomic mass is 9.88. The largest absolute Gasteiger partial charge is 0.384 e. The second-order valence-electron chi connectivity index (χ2n) is 6.80. The van der Waals surface area contributed by atoms with E-state index in [9.17, 15) is 0 Å². The predicted octanol–water partition coefficient (Wildman–Crippen LogP) is 5.57. The van der Waals surface area contributed by atoms with E-state index >= 15 is 0 Å². The molecule has 2 aromatic rings. The third kappa shape index (κ3) is 2.92. The molecule has 2 unspecified atom stereocenters. The first-order valence-corrected chi connectivity index (χ1v) is 8.77. The summed E-state index contributed by atoms with van der Waals surface area (Å²) in [6.07, 6.45) is 5.02. The highest BCUT2D eigenvalue weighted by Gasteiger charge is 2.34. The molecule has 1 aliphatic carbocycles. The molecular formula is C21H28O. The molecule has 0 amide bonds. The van der Waals surface area contributed by atoms with Gasteiger partial charge in [-0.05, 0) is 58.9 Å². The monoisotopic (exact) mass is 296 g/mol. The minimum atomic E-state index is 0.713. The smallest absolute Gasteiger partial charge is 0.0493 e. The topological polar surface area (TPSA) is 9.23 Å². The van der Waals surface area contributed by atoms with Crippen molar-refractivity contribution in [2.45, 2.75) is 45.4 Å². The van der Waals surface area contributed by atoms with Crippen LogP contribution in [0.5, 0.6) is 0 Å². The number of methoxy groups -OCH3 is 1. The molecule has 0 N–H and O–H groups in total. The zero-order valence-corrected chi connectivity index (χ0v) is 14.1. The quantitative estimate of drug-likeness (QED) is 0.701. The van der Waals surface area contributed by atoms with Crippen LogP contribution >= 0.6 is 0 Å². The second kappa shape index (κ2) is 6.83. The summed E-state index contributed by atoms with van der Waals surface area (Å²) >= 11 is 0. The van der Waals surface area contributed by atoms with Gasteiger partial charge in [0.05, 0.1) is 0 Å². The van der Waals surface area contributed by atoms with Crippen molar-refractivity contribution in [3.05, 3.63) is 47.5 Å². The van der Waals surface area contributed by atoms with E-state index in [0.717, 1.165) is 24.9 Å². The highest BCUT2D eigenvalue weighted by Crippen LogP contribution is 2.45. The van der Waals surface area contributed by atoms with Gasteiger partial charge in [-0.2, -0.15) is 0 Å². The summed E-state index contributed by atoms with van der Waals surface area (Å²) in [7, 11) is 1.84. The van der Waals surface area contributed by atoms with Crippen LogP contribution in [0.3, 0.4) is 0 Å². The third-order valence-electron chi connectivity index (χ3n) is 5.57. The van der Waals surface area contributed by atoms with Crippen molar-refractivity contribution in [3.63, 3.8) is 0 Å². The van der Waals surface area contributed by atoms with Crippen molar-refractivity contribution in [2.24, 2.45) is 11.8 Å². The van der Waals surface area contributed by atoms with Crippen LogP contribution < -0.4 is 0 Å². The first-order chi connectivity index (χ1) is 10.8. The summed E-state index contributed by atoms with van der Waals surface area (Å²) in [4.78, 5) is 0. The van der Waals surface area contributed by atoms with Crippen LogP contribution in [0.2, 0.25) is 0 Å². The average molecular weight is 296 g/mol. The highest BCUT2D eigenvalue weighted by atomic mass is 16.5. The van der Waals surface area contributed by atoms with Gasteiger partial charge in [0.1, 0.15) is 0 Å². The van der Waals surface area contributed by atoms with E-state index in [1.54, 1.807) is 5.56 Å². The fraction of sp³-hybridized carbons (Fsp3) is 0.524. The Morgan fingerprint density at radius 2 is 1.68 bits per heavy atom. The zero-order chi connectivity index (χ0) is 15.5. The highest BCUT2D eigenvalue weighted by molar-refractivity contribution is 5.84. The number of benzene rings is 2. The van der Waals surface area contributed by atoms with Crippen LogP contribution in [-0.2, 0) is 11.2 Å². The summed E-state index contributed by atoms with van der Waals surface area (Å²) < 4.78 is 5.47. The fourth-order valence-electron chi connectivity index (χ4n) is 4.38. The number of ether oxygens (including phenoxy) is 1. The van der Waals surface area contributed by atoms with Gasteiger partial charge in [0.25, 0.3) is 0 Å². The maximum Gasteiger partial charge on any atom is 0.0493 e. The van der Waals surface area contributed by atoms with Gasteiger partial charge in [-0.25, -0.2) is 0 Å². The maximum atomic E-state index is 5.47. The summed E-state index contributed by atoms with van der Waals surface area (Å²) in [5.41, 5.74) is 3.13. The molecule has 1 heteroatoms. The van der Waals surface area contributed by atoms with Crippen LogP contribution in [0.4, 0.5) is 0 Å².